The standard InChI is InChI=1S/C25H43NO2/c1-17-9-10-21-23(28)22(12-14-24(17,21)2)25(3)13-11-20(27)15-18(25)16-26-19-7-5-4-6-8-19/h18-23,26-28H,1,4-16H2,2-3H3/t18-,20+,21?,22?,23-,24+,25+/m1/s1. The van der Waals surface area contributed by atoms with Gasteiger partial charge in [0, 0.05) is 6.04 Å². The Morgan fingerprint density at radius 3 is 2.46 bits per heavy atom. The van der Waals surface area contributed by atoms with Gasteiger partial charge in [0.1, 0.15) is 0 Å². The third-order valence-electron chi connectivity index (χ3n) is 9.79. The van der Waals surface area contributed by atoms with E-state index in [1.165, 1.54) is 44.1 Å². The summed E-state index contributed by atoms with van der Waals surface area (Å²) in [6.07, 6.45) is 13.7. The average Bonchev–Trinajstić information content (AvgIpc) is 2.99. The predicted octanol–water partition coefficient (Wildman–Crippen LogP) is 4.82. The monoisotopic (exact) mass is 389 g/mol. The van der Waals surface area contributed by atoms with Crippen LogP contribution in [0.2, 0.25) is 0 Å². The summed E-state index contributed by atoms with van der Waals surface area (Å²) in [5, 5.41) is 25.8. The Labute approximate surface area is 172 Å². The van der Waals surface area contributed by atoms with Crippen molar-refractivity contribution in [2.45, 2.75) is 109 Å². The number of nitrogens with one attached hydrogen (secondary N) is 1. The molecule has 160 valence electrons. The largest absolute Gasteiger partial charge is 0.393 e. The first-order valence-corrected chi connectivity index (χ1v) is 12.1. The first-order chi connectivity index (χ1) is 13.3. The van der Waals surface area contributed by atoms with Crippen molar-refractivity contribution in [3.8, 4) is 0 Å². The van der Waals surface area contributed by atoms with Crippen molar-refractivity contribution in [2.75, 3.05) is 6.54 Å². The lowest BCUT2D eigenvalue weighted by Crippen LogP contribution is -2.54. The molecule has 0 radical (unpaired) electrons. The van der Waals surface area contributed by atoms with Crippen LogP contribution in [0.1, 0.15) is 90.9 Å². The molecular formula is C25H43NO2. The molecule has 2 unspecified atom stereocenters. The van der Waals surface area contributed by atoms with E-state index >= 15 is 0 Å². The highest BCUT2D eigenvalue weighted by molar-refractivity contribution is 5.21. The minimum absolute atomic E-state index is 0.131. The molecule has 3 N–H and O–H groups in total. The van der Waals surface area contributed by atoms with Gasteiger partial charge < -0.3 is 15.5 Å². The maximum absolute atomic E-state index is 11.5. The maximum atomic E-state index is 11.5. The van der Waals surface area contributed by atoms with E-state index in [9.17, 15) is 10.2 Å². The molecule has 4 aliphatic rings. The Morgan fingerprint density at radius 2 is 1.71 bits per heavy atom. The van der Waals surface area contributed by atoms with E-state index in [0.29, 0.717) is 23.8 Å². The first kappa shape index (κ1) is 20.9. The second-order valence-electron chi connectivity index (χ2n) is 11.2. The third kappa shape index (κ3) is 3.61. The second kappa shape index (κ2) is 8.04. The van der Waals surface area contributed by atoms with Gasteiger partial charge in [-0.25, -0.2) is 0 Å². The van der Waals surface area contributed by atoms with E-state index in [-0.39, 0.29) is 23.0 Å². The van der Waals surface area contributed by atoms with Crippen LogP contribution in [0.15, 0.2) is 12.2 Å². The third-order valence-corrected chi connectivity index (χ3v) is 9.79. The van der Waals surface area contributed by atoms with Crippen molar-refractivity contribution in [3.05, 3.63) is 12.2 Å². The SMILES string of the molecule is C=C1CCC2[C@@H](O)C([C@@]3(C)CC[C@H](O)C[C@@H]3CNC3CCCCC3)CC[C@@]12C. The quantitative estimate of drug-likeness (QED) is 0.604. The molecule has 4 rings (SSSR count). The van der Waals surface area contributed by atoms with Gasteiger partial charge in [0.25, 0.3) is 0 Å². The number of hydrogen-bond donors (Lipinski definition) is 3. The van der Waals surface area contributed by atoms with Crippen LogP contribution >= 0.6 is 0 Å². The number of fused-ring (bicyclic) bond motifs is 1. The van der Waals surface area contributed by atoms with Crippen molar-refractivity contribution >= 4 is 0 Å². The summed E-state index contributed by atoms with van der Waals surface area (Å²) < 4.78 is 0. The molecule has 0 saturated heterocycles. The first-order valence-electron chi connectivity index (χ1n) is 12.1. The molecule has 0 aromatic carbocycles. The Bertz CT molecular complexity index is 571. The van der Waals surface area contributed by atoms with Crippen LogP contribution in [0.4, 0.5) is 0 Å². The Kier molecular flexibility index (Phi) is 5.99. The van der Waals surface area contributed by atoms with E-state index in [1.54, 1.807) is 0 Å². The summed E-state index contributed by atoms with van der Waals surface area (Å²) in [7, 11) is 0. The molecular weight excluding hydrogens is 346 g/mol. The zero-order valence-corrected chi connectivity index (χ0v) is 18.3. The predicted molar refractivity (Wildman–Crippen MR) is 115 cm³/mol. The van der Waals surface area contributed by atoms with E-state index in [1.807, 2.05) is 0 Å². The van der Waals surface area contributed by atoms with Crippen molar-refractivity contribution in [1.82, 2.24) is 5.32 Å². The molecule has 0 aromatic rings. The molecule has 0 amide bonds. The molecule has 3 nitrogen and oxygen atoms in total. The molecule has 0 aliphatic heterocycles. The number of allylic oxidation sites excluding steroid dienone is 1. The number of rotatable bonds is 4. The lowest BCUT2D eigenvalue weighted by Gasteiger charge is -2.55. The highest BCUT2D eigenvalue weighted by atomic mass is 16.3. The van der Waals surface area contributed by atoms with Gasteiger partial charge in [-0.2, -0.15) is 0 Å². The lowest BCUT2D eigenvalue weighted by molar-refractivity contribution is -0.118. The molecule has 28 heavy (non-hydrogen) atoms. The van der Waals surface area contributed by atoms with E-state index < -0.39 is 0 Å². The number of hydrogen-bond acceptors (Lipinski definition) is 3. The Balaban J connectivity index is 1.49. The Hall–Kier alpha value is -0.380. The fourth-order valence-corrected chi connectivity index (χ4v) is 7.55. The van der Waals surface area contributed by atoms with Crippen LogP contribution in [-0.2, 0) is 0 Å². The van der Waals surface area contributed by atoms with Gasteiger partial charge >= 0.3 is 0 Å². The topological polar surface area (TPSA) is 52.5 Å². The van der Waals surface area contributed by atoms with Crippen molar-refractivity contribution < 1.29 is 10.2 Å². The number of aliphatic hydroxyl groups is 2. The van der Waals surface area contributed by atoms with Crippen LogP contribution in [0, 0.1) is 28.6 Å². The van der Waals surface area contributed by atoms with Crippen LogP contribution in [0.25, 0.3) is 0 Å². The van der Waals surface area contributed by atoms with Crippen molar-refractivity contribution in [1.29, 1.82) is 0 Å². The van der Waals surface area contributed by atoms with Gasteiger partial charge in [0.2, 0.25) is 0 Å². The normalized spacial score (nSPS) is 47.9. The van der Waals surface area contributed by atoms with Gasteiger partial charge in [0.05, 0.1) is 12.2 Å². The molecule has 0 aromatic heterocycles. The van der Waals surface area contributed by atoms with Gasteiger partial charge in [-0.3, -0.25) is 0 Å². The zero-order valence-electron chi connectivity index (χ0n) is 18.3. The summed E-state index contributed by atoms with van der Waals surface area (Å²) in [6, 6.07) is 0.662. The van der Waals surface area contributed by atoms with Gasteiger partial charge in [-0.15, -0.1) is 0 Å². The molecule has 0 heterocycles. The second-order valence-corrected chi connectivity index (χ2v) is 11.2. The van der Waals surface area contributed by atoms with Crippen molar-refractivity contribution in [2.24, 2.45) is 28.6 Å². The molecule has 4 aliphatic carbocycles. The average molecular weight is 390 g/mol. The fourth-order valence-electron chi connectivity index (χ4n) is 7.55. The minimum atomic E-state index is -0.213. The summed E-state index contributed by atoms with van der Waals surface area (Å²) >= 11 is 0. The molecule has 0 spiro atoms. The zero-order chi connectivity index (χ0) is 19.9. The summed E-state index contributed by atoms with van der Waals surface area (Å²) in [5.74, 6) is 1.21. The van der Waals surface area contributed by atoms with Crippen LogP contribution in [0.5, 0.6) is 0 Å². The summed E-state index contributed by atoms with van der Waals surface area (Å²) in [5.41, 5.74) is 1.65. The minimum Gasteiger partial charge on any atom is -0.393 e. The van der Waals surface area contributed by atoms with E-state index in [4.69, 9.17) is 0 Å². The summed E-state index contributed by atoms with van der Waals surface area (Å²) in [4.78, 5) is 0. The van der Waals surface area contributed by atoms with Crippen LogP contribution in [-0.4, -0.2) is 35.0 Å². The molecule has 7 atom stereocenters. The molecule has 4 saturated carbocycles. The molecule has 3 heteroatoms. The maximum Gasteiger partial charge on any atom is 0.0610 e. The van der Waals surface area contributed by atoms with Crippen LogP contribution in [0.3, 0.4) is 0 Å². The fraction of sp³-hybridized carbons (Fsp3) is 0.920. The highest BCUT2D eigenvalue weighted by Crippen LogP contribution is 2.61. The smallest absolute Gasteiger partial charge is 0.0610 e. The van der Waals surface area contributed by atoms with Crippen LogP contribution < -0.4 is 5.32 Å². The molecule has 0 bridgehead atoms. The Morgan fingerprint density at radius 1 is 0.964 bits per heavy atom. The number of aliphatic hydroxyl groups excluding tert-OH is 2. The van der Waals surface area contributed by atoms with Gasteiger partial charge in [-0.05, 0) is 92.9 Å². The highest BCUT2D eigenvalue weighted by Gasteiger charge is 2.56. The van der Waals surface area contributed by atoms with Gasteiger partial charge in [0.15, 0.2) is 0 Å². The molecule has 4 fully saturated rings. The lowest BCUT2D eigenvalue weighted by atomic mass is 9.52. The van der Waals surface area contributed by atoms with E-state index in [2.05, 4.69) is 25.7 Å². The van der Waals surface area contributed by atoms with Crippen molar-refractivity contribution in [3.63, 3.8) is 0 Å². The van der Waals surface area contributed by atoms with E-state index in [0.717, 1.165) is 45.1 Å². The van der Waals surface area contributed by atoms with Gasteiger partial charge in [-0.1, -0.05) is 45.3 Å². The summed E-state index contributed by atoms with van der Waals surface area (Å²) in [6.45, 7) is 10.1.